The van der Waals surface area contributed by atoms with Gasteiger partial charge in [0.15, 0.2) is 10.9 Å². The number of aryl methyl sites for hydroxylation is 2. The van der Waals surface area contributed by atoms with E-state index in [0.717, 1.165) is 22.6 Å². The summed E-state index contributed by atoms with van der Waals surface area (Å²) in [4.78, 5) is 16.6. The number of aromatic nitrogens is 4. The van der Waals surface area contributed by atoms with Gasteiger partial charge in [-0.15, -0.1) is 10.2 Å². The van der Waals surface area contributed by atoms with Crippen LogP contribution in [0.5, 0.6) is 0 Å². The van der Waals surface area contributed by atoms with Crippen molar-refractivity contribution in [3.63, 3.8) is 0 Å². The van der Waals surface area contributed by atoms with Gasteiger partial charge in [0, 0.05) is 12.2 Å². The van der Waals surface area contributed by atoms with E-state index in [9.17, 15) is 9.18 Å². The Labute approximate surface area is 182 Å². The van der Waals surface area contributed by atoms with Crippen LogP contribution in [-0.2, 0) is 12.3 Å². The van der Waals surface area contributed by atoms with Gasteiger partial charge in [0.05, 0.1) is 5.75 Å². The summed E-state index contributed by atoms with van der Waals surface area (Å²) in [6.07, 6.45) is 1.33. The number of carbonyl (C=O) groups is 1. The van der Waals surface area contributed by atoms with Gasteiger partial charge in [-0.05, 0) is 49.2 Å². The third-order valence-corrected chi connectivity index (χ3v) is 5.44. The van der Waals surface area contributed by atoms with E-state index in [-0.39, 0.29) is 24.0 Å². The molecule has 0 saturated heterocycles. The lowest BCUT2D eigenvalue weighted by Crippen LogP contribution is -2.23. The summed E-state index contributed by atoms with van der Waals surface area (Å²) in [5.41, 5.74) is 3.11. The third kappa shape index (κ3) is 5.00. The molecule has 158 valence electrons. The summed E-state index contributed by atoms with van der Waals surface area (Å²) in [7, 11) is 0. The lowest BCUT2D eigenvalue weighted by atomic mass is 10.2. The Balaban J connectivity index is 1.39. The number of halogens is 1. The van der Waals surface area contributed by atoms with Gasteiger partial charge >= 0.3 is 0 Å². The first-order valence-corrected chi connectivity index (χ1v) is 10.6. The van der Waals surface area contributed by atoms with Crippen molar-refractivity contribution in [1.29, 1.82) is 0 Å². The Morgan fingerprint density at radius 2 is 1.97 bits per heavy atom. The zero-order valence-corrected chi connectivity index (χ0v) is 17.8. The molecule has 1 amide bonds. The molecule has 4 aromatic rings. The third-order valence-electron chi connectivity index (χ3n) is 4.53. The Hall–Kier alpha value is -3.46. The first-order chi connectivity index (χ1) is 15.0. The monoisotopic (exact) mass is 437 g/mol. The van der Waals surface area contributed by atoms with Crippen molar-refractivity contribution in [3.8, 4) is 5.69 Å². The minimum atomic E-state index is -0.358. The van der Waals surface area contributed by atoms with Crippen LogP contribution in [0.1, 0.15) is 33.3 Å². The maximum Gasteiger partial charge on any atom is 0.273 e. The SMILES string of the molecule is Cc1cccc(-n2c(C)nnc2SCc2nc(C(=O)NCc3ccc(F)cc3)co2)c1. The molecular weight excluding hydrogens is 417 g/mol. The van der Waals surface area contributed by atoms with Crippen LogP contribution in [0, 0.1) is 19.7 Å². The van der Waals surface area contributed by atoms with Crippen molar-refractivity contribution >= 4 is 17.7 Å². The molecule has 31 heavy (non-hydrogen) atoms. The summed E-state index contributed by atoms with van der Waals surface area (Å²) >= 11 is 1.42. The van der Waals surface area contributed by atoms with Crippen LogP contribution in [0.3, 0.4) is 0 Å². The molecule has 0 aliphatic carbocycles. The summed E-state index contributed by atoms with van der Waals surface area (Å²) in [5, 5.41) is 11.9. The van der Waals surface area contributed by atoms with Gasteiger partial charge < -0.3 is 9.73 Å². The zero-order chi connectivity index (χ0) is 21.8. The van der Waals surface area contributed by atoms with Crippen molar-refractivity contribution in [2.75, 3.05) is 0 Å². The smallest absolute Gasteiger partial charge is 0.273 e. The van der Waals surface area contributed by atoms with E-state index in [1.54, 1.807) is 12.1 Å². The van der Waals surface area contributed by atoms with Crippen molar-refractivity contribution in [2.24, 2.45) is 0 Å². The summed E-state index contributed by atoms with van der Waals surface area (Å²) in [6.45, 7) is 4.20. The molecule has 2 aromatic carbocycles. The fourth-order valence-electron chi connectivity index (χ4n) is 2.98. The van der Waals surface area contributed by atoms with E-state index < -0.39 is 0 Å². The molecule has 2 aromatic heterocycles. The van der Waals surface area contributed by atoms with Crippen molar-refractivity contribution in [3.05, 3.63) is 89.1 Å². The highest BCUT2D eigenvalue weighted by atomic mass is 32.2. The Morgan fingerprint density at radius 1 is 1.16 bits per heavy atom. The molecule has 0 bridgehead atoms. The second-order valence-corrected chi connectivity index (χ2v) is 7.87. The molecule has 7 nitrogen and oxygen atoms in total. The number of hydrogen-bond donors (Lipinski definition) is 1. The van der Waals surface area contributed by atoms with Gasteiger partial charge in [0.1, 0.15) is 17.9 Å². The van der Waals surface area contributed by atoms with Gasteiger partial charge in [-0.1, -0.05) is 36.0 Å². The molecule has 1 N–H and O–H groups in total. The molecule has 0 spiro atoms. The molecule has 0 aliphatic heterocycles. The minimum Gasteiger partial charge on any atom is -0.447 e. The van der Waals surface area contributed by atoms with Crippen molar-refractivity contribution in [1.82, 2.24) is 25.1 Å². The highest BCUT2D eigenvalue weighted by Gasteiger charge is 2.16. The standard InChI is InChI=1S/C22H20FN5O2S/c1-14-4-3-5-18(10-14)28-15(2)26-27-22(28)31-13-20-25-19(12-30-20)21(29)24-11-16-6-8-17(23)9-7-16/h3-10,12H,11,13H2,1-2H3,(H,24,29). The van der Waals surface area contributed by atoms with E-state index in [0.29, 0.717) is 16.8 Å². The topological polar surface area (TPSA) is 85.8 Å². The number of oxazole rings is 1. The van der Waals surface area contributed by atoms with Crippen LogP contribution in [0.4, 0.5) is 4.39 Å². The number of rotatable bonds is 7. The van der Waals surface area contributed by atoms with Crippen LogP contribution >= 0.6 is 11.8 Å². The molecule has 0 unspecified atom stereocenters. The molecule has 2 heterocycles. The van der Waals surface area contributed by atoms with Crippen LogP contribution in [0.25, 0.3) is 5.69 Å². The minimum absolute atomic E-state index is 0.189. The number of carbonyl (C=O) groups excluding carboxylic acids is 1. The fourth-order valence-corrected chi connectivity index (χ4v) is 3.83. The van der Waals surface area contributed by atoms with Crippen LogP contribution in [0.15, 0.2) is 64.4 Å². The first-order valence-electron chi connectivity index (χ1n) is 9.58. The Morgan fingerprint density at radius 3 is 2.74 bits per heavy atom. The fraction of sp³-hybridized carbons (Fsp3) is 0.182. The number of amides is 1. The Kier molecular flexibility index (Phi) is 6.13. The van der Waals surface area contributed by atoms with E-state index in [2.05, 4.69) is 26.6 Å². The zero-order valence-electron chi connectivity index (χ0n) is 17.0. The normalized spacial score (nSPS) is 10.9. The predicted octanol–water partition coefficient (Wildman–Crippen LogP) is 4.23. The number of nitrogens with one attached hydrogen (secondary N) is 1. The van der Waals surface area contributed by atoms with Crippen molar-refractivity contribution < 1.29 is 13.6 Å². The number of nitrogens with zero attached hydrogens (tertiary/aromatic N) is 4. The van der Waals surface area contributed by atoms with E-state index >= 15 is 0 Å². The largest absolute Gasteiger partial charge is 0.447 e. The molecule has 0 fully saturated rings. The van der Waals surface area contributed by atoms with E-state index in [1.165, 1.54) is 30.2 Å². The number of hydrogen-bond acceptors (Lipinski definition) is 6. The quantitative estimate of drug-likeness (QED) is 0.436. The number of benzene rings is 2. The molecule has 0 saturated carbocycles. The first kappa shape index (κ1) is 20.8. The van der Waals surface area contributed by atoms with Gasteiger partial charge in [0.25, 0.3) is 5.91 Å². The lowest BCUT2D eigenvalue weighted by molar-refractivity contribution is 0.0946. The van der Waals surface area contributed by atoms with Crippen LogP contribution < -0.4 is 5.32 Å². The van der Waals surface area contributed by atoms with Gasteiger partial charge in [-0.3, -0.25) is 9.36 Å². The molecule has 0 radical (unpaired) electrons. The predicted molar refractivity (Wildman–Crippen MR) is 114 cm³/mol. The summed E-state index contributed by atoms with van der Waals surface area (Å²) in [6, 6.07) is 14.0. The van der Waals surface area contributed by atoms with E-state index in [4.69, 9.17) is 4.42 Å². The number of thioether (sulfide) groups is 1. The molecule has 4 rings (SSSR count). The average molecular weight is 438 g/mol. The van der Waals surface area contributed by atoms with Gasteiger partial charge in [0.2, 0.25) is 5.89 Å². The molecule has 9 heteroatoms. The molecule has 0 atom stereocenters. The van der Waals surface area contributed by atoms with Gasteiger partial charge in [-0.2, -0.15) is 0 Å². The van der Waals surface area contributed by atoms with Crippen LogP contribution in [0.2, 0.25) is 0 Å². The summed E-state index contributed by atoms with van der Waals surface area (Å²) < 4.78 is 20.4. The maximum atomic E-state index is 13.0. The van der Waals surface area contributed by atoms with Gasteiger partial charge in [-0.25, -0.2) is 9.37 Å². The second kappa shape index (κ2) is 9.13. The highest BCUT2D eigenvalue weighted by Crippen LogP contribution is 2.25. The lowest BCUT2D eigenvalue weighted by Gasteiger charge is -2.08. The van der Waals surface area contributed by atoms with Crippen molar-refractivity contribution in [2.45, 2.75) is 31.3 Å². The average Bonchev–Trinajstić information content (AvgIpc) is 3.38. The second-order valence-electron chi connectivity index (χ2n) is 6.93. The maximum absolute atomic E-state index is 13.0. The summed E-state index contributed by atoms with van der Waals surface area (Å²) in [5.74, 6) is 0.912. The van der Waals surface area contributed by atoms with Crippen LogP contribution in [-0.4, -0.2) is 25.7 Å². The molecule has 0 aliphatic rings. The molecular formula is C22H20FN5O2S. The highest BCUT2D eigenvalue weighted by molar-refractivity contribution is 7.98. The van der Waals surface area contributed by atoms with E-state index in [1.807, 2.05) is 36.6 Å². The Bertz CT molecular complexity index is 1200.